The number of aryl methyl sites for hydroxylation is 3. The molecule has 0 aromatic carbocycles. The minimum absolute atomic E-state index is 0.202. The van der Waals surface area contributed by atoms with E-state index in [0.29, 0.717) is 30.1 Å². The quantitative estimate of drug-likeness (QED) is 0.531. The smallest absolute Gasteiger partial charge is 0.256 e. The van der Waals surface area contributed by atoms with Crippen LogP contribution in [0.3, 0.4) is 0 Å². The van der Waals surface area contributed by atoms with E-state index in [2.05, 4.69) is 25.5 Å². The van der Waals surface area contributed by atoms with Crippen LogP contribution in [0.5, 0.6) is 0 Å². The predicted octanol–water partition coefficient (Wildman–Crippen LogP) is 3.35. The Kier molecular flexibility index (Phi) is 5.38. The Labute approximate surface area is 174 Å². The van der Waals surface area contributed by atoms with Gasteiger partial charge in [0.2, 0.25) is 0 Å². The summed E-state index contributed by atoms with van der Waals surface area (Å²) in [6.45, 7) is 6.35. The Morgan fingerprint density at radius 1 is 1.07 bits per heavy atom. The van der Waals surface area contributed by atoms with Gasteiger partial charge in [0.1, 0.15) is 11.3 Å². The lowest BCUT2D eigenvalue weighted by Gasteiger charge is -2.11. The largest absolute Gasteiger partial charge is 0.361 e. The molecule has 0 aliphatic heterocycles. The Morgan fingerprint density at radius 2 is 1.87 bits per heavy atom. The van der Waals surface area contributed by atoms with Crippen molar-refractivity contribution < 1.29 is 9.32 Å². The summed E-state index contributed by atoms with van der Waals surface area (Å²) in [5.74, 6) is 0.307. The van der Waals surface area contributed by atoms with Gasteiger partial charge in [-0.25, -0.2) is 0 Å². The van der Waals surface area contributed by atoms with Gasteiger partial charge in [-0.15, -0.1) is 0 Å². The third-order valence-corrected chi connectivity index (χ3v) is 4.89. The van der Waals surface area contributed by atoms with Gasteiger partial charge >= 0.3 is 0 Å². The molecule has 0 saturated heterocycles. The molecule has 4 heterocycles. The molecular weight excluding hydrogens is 380 g/mol. The lowest BCUT2D eigenvalue weighted by Crippen LogP contribution is -2.28. The summed E-state index contributed by atoms with van der Waals surface area (Å²) < 4.78 is 6.96. The van der Waals surface area contributed by atoms with Crippen molar-refractivity contribution in [2.24, 2.45) is 0 Å². The molecule has 8 heteroatoms. The molecule has 4 aromatic heterocycles. The van der Waals surface area contributed by atoms with Crippen LogP contribution in [0, 0.1) is 20.8 Å². The molecule has 30 heavy (non-hydrogen) atoms. The maximum Gasteiger partial charge on any atom is 0.256 e. The first-order valence-corrected chi connectivity index (χ1v) is 9.65. The summed E-state index contributed by atoms with van der Waals surface area (Å²) in [5.41, 5.74) is 5.92. The fourth-order valence-corrected chi connectivity index (χ4v) is 3.38. The molecule has 4 aromatic rings. The Hall–Kier alpha value is -3.81. The second-order valence-electron chi connectivity index (χ2n) is 7.01. The summed E-state index contributed by atoms with van der Waals surface area (Å²) in [6.07, 6.45) is 7.19. The molecule has 0 aliphatic carbocycles. The standard InChI is InChI=1S/C22H22N6O2/c1-14-4-5-18(12-25-14)21-19(17-6-8-23-9-7-17)13-26-28(21)11-10-24-22(29)20-15(2)27-30-16(20)3/h4-9,12-13H,10-11H2,1-3H3,(H,24,29). The monoisotopic (exact) mass is 402 g/mol. The Morgan fingerprint density at radius 3 is 2.53 bits per heavy atom. The van der Waals surface area contributed by atoms with Crippen LogP contribution in [0.1, 0.15) is 27.5 Å². The summed E-state index contributed by atoms with van der Waals surface area (Å²) in [6, 6.07) is 7.91. The van der Waals surface area contributed by atoms with Crippen LogP contribution in [-0.4, -0.2) is 37.4 Å². The van der Waals surface area contributed by atoms with Gasteiger partial charge in [-0.3, -0.25) is 19.4 Å². The van der Waals surface area contributed by atoms with Gasteiger partial charge in [0.25, 0.3) is 5.91 Å². The zero-order valence-electron chi connectivity index (χ0n) is 17.1. The molecule has 0 saturated carbocycles. The van der Waals surface area contributed by atoms with E-state index in [0.717, 1.165) is 28.1 Å². The van der Waals surface area contributed by atoms with Gasteiger partial charge in [-0.2, -0.15) is 5.10 Å². The van der Waals surface area contributed by atoms with E-state index in [4.69, 9.17) is 4.52 Å². The molecule has 0 unspecified atom stereocenters. The van der Waals surface area contributed by atoms with Gasteiger partial charge in [0.05, 0.1) is 24.1 Å². The first-order valence-electron chi connectivity index (χ1n) is 9.65. The van der Waals surface area contributed by atoms with E-state index in [1.165, 1.54) is 0 Å². The summed E-state index contributed by atoms with van der Waals surface area (Å²) in [7, 11) is 0. The average molecular weight is 402 g/mol. The van der Waals surface area contributed by atoms with E-state index in [1.807, 2.05) is 48.3 Å². The highest BCUT2D eigenvalue weighted by molar-refractivity contribution is 5.96. The second-order valence-corrected chi connectivity index (χ2v) is 7.01. The molecule has 152 valence electrons. The van der Waals surface area contributed by atoms with Crippen molar-refractivity contribution >= 4 is 5.91 Å². The van der Waals surface area contributed by atoms with Crippen molar-refractivity contribution in [3.05, 3.63) is 71.8 Å². The van der Waals surface area contributed by atoms with Crippen molar-refractivity contribution in [1.29, 1.82) is 0 Å². The number of nitrogens with one attached hydrogen (secondary N) is 1. The zero-order chi connectivity index (χ0) is 21.1. The number of rotatable bonds is 6. The zero-order valence-corrected chi connectivity index (χ0v) is 17.1. The summed E-state index contributed by atoms with van der Waals surface area (Å²) in [4.78, 5) is 21.0. The molecule has 0 atom stereocenters. The molecule has 4 rings (SSSR count). The first kappa shape index (κ1) is 19.5. The fraction of sp³-hybridized carbons (Fsp3) is 0.227. The van der Waals surface area contributed by atoms with Gasteiger partial charge in [0.15, 0.2) is 0 Å². The summed E-state index contributed by atoms with van der Waals surface area (Å²) in [5, 5.41) is 11.3. The van der Waals surface area contributed by atoms with E-state index in [1.54, 1.807) is 26.2 Å². The minimum atomic E-state index is -0.202. The predicted molar refractivity (Wildman–Crippen MR) is 112 cm³/mol. The number of nitrogens with zero attached hydrogens (tertiary/aromatic N) is 5. The van der Waals surface area contributed by atoms with Crippen molar-refractivity contribution in [3.63, 3.8) is 0 Å². The van der Waals surface area contributed by atoms with Crippen LogP contribution in [0.4, 0.5) is 0 Å². The van der Waals surface area contributed by atoms with E-state index in [9.17, 15) is 4.79 Å². The maximum absolute atomic E-state index is 12.5. The molecule has 1 N–H and O–H groups in total. The van der Waals surface area contributed by atoms with Crippen LogP contribution in [0.25, 0.3) is 22.4 Å². The van der Waals surface area contributed by atoms with Gasteiger partial charge < -0.3 is 9.84 Å². The lowest BCUT2D eigenvalue weighted by molar-refractivity contribution is 0.0950. The SMILES string of the molecule is Cc1ccc(-c2c(-c3ccncc3)cnn2CCNC(=O)c2c(C)noc2C)cn1. The molecular formula is C22H22N6O2. The molecule has 0 bridgehead atoms. The number of pyridine rings is 2. The molecule has 0 radical (unpaired) electrons. The van der Waals surface area contributed by atoms with E-state index >= 15 is 0 Å². The second kappa shape index (κ2) is 8.28. The number of hydrogen-bond donors (Lipinski definition) is 1. The third-order valence-electron chi connectivity index (χ3n) is 4.89. The van der Waals surface area contributed by atoms with Crippen molar-refractivity contribution in [3.8, 4) is 22.4 Å². The van der Waals surface area contributed by atoms with Crippen LogP contribution < -0.4 is 5.32 Å². The topological polar surface area (TPSA) is 98.7 Å². The lowest BCUT2D eigenvalue weighted by atomic mass is 10.0. The Balaban J connectivity index is 1.59. The number of aromatic nitrogens is 5. The number of carbonyl (C=O) groups excluding carboxylic acids is 1. The molecule has 1 amide bonds. The normalized spacial score (nSPS) is 10.9. The number of hydrogen-bond acceptors (Lipinski definition) is 6. The van der Waals surface area contributed by atoms with Crippen LogP contribution in [0.2, 0.25) is 0 Å². The Bertz CT molecular complexity index is 1140. The van der Waals surface area contributed by atoms with Crippen molar-refractivity contribution in [1.82, 2.24) is 30.2 Å². The van der Waals surface area contributed by atoms with Crippen molar-refractivity contribution in [2.75, 3.05) is 6.54 Å². The van der Waals surface area contributed by atoms with Crippen molar-refractivity contribution in [2.45, 2.75) is 27.3 Å². The molecule has 8 nitrogen and oxygen atoms in total. The molecule has 0 spiro atoms. The van der Waals surface area contributed by atoms with Crippen LogP contribution in [-0.2, 0) is 6.54 Å². The number of carbonyl (C=O) groups is 1. The van der Waals surface area contributed by atoms with E-state index < -0.39 is 0 Å². The van der Waals surface area contributed by atoms with Gasteiger partial charge in [-0.1, -0.05) is 5.16 Å². The average Bonchev–Trinajstić information content (AvgIpc) is 3.32. The van der Waals surface area contributed by atoms with Gasteiger partial charge in [-0.05, 0) is 50.6 Å². The van der Waals surface area contributed by atoms with Crippen LogP contribution >= 0.6 is 0 Å². The number of amides is 1. The van der Waals surface area contributed by atoms with Gasteiger partial charge in [0, 0.05) is 42.0 Å². The molecule has 0 fully saturated rings. The highest BCUT2D eigenvalue weighted by atomic mass is 16.5. The highest BCUT2D eigenvalue weighted by Crippen LogP contribution is 2.31. The maximum atomic E-state index is 12.5. The third kappa shape index (κ3) is 3.84. The van der Waals surface area contributed by atoms with E-state index in [-0.39, 0.29) is 5.91 Å². The first-order chi connectivity index (χ1) is 14.5. The molecule has 0 aliphatic rings. The van der Waals surface area contributed by atoms with Crippen LogP contribution in [0.15, 0.2) is 53.6 Å². The summed E-state index contributed by atoms with van der Waals surface area (Å²) >= 11 is 0. The minimum Gasteiger partial charge on any atom is -0.361 e. The highest BCUT2D eigenvalue weighted by Gasteiger charge is 2.18. The fourth-order valence-electron chi connectivity index (χ4n) is 3.38.